The second-order valence-corrected chi connectivity index (χ2v) is 5.22. The van der Waals surface area contributed by atoms with E-state index in [0.717, 1.165) is 33.5 Å². The predicted octanol–water partition coefficient (Wildman–Crippen LogP) is 3.15. The minimum atomic E-state index is 0.0964. The lowest BCUT2D eigenvalue weighted by Crippen LogP contribution is -2.03. The second kappa shape index (κ2) is 4.96. The van der Waals surface area contributed by atoms with Gasteiger partial charge in [-0.15, -0.1) is 0 Å². The average molecular weight is 293 g/mol. The van der Waals surface area contributed by atoms with E-state index in [-0.39, 0.29) is 6.61 Å². The lowest BCUT2D eigenvalue weighted by atomic mass is 10.2. The predicted molar refractivity (Wildman–Crippen MR) is 84.6 cm³/mol. The second-order valence-electron chi connectivity index (χ2n) is 5.22. The monoisotopic (exact) mass is 293 g/mol. The number of hydrogen-bond acceptors (Lipinski definition) is 4. The van der Waals surface area contributed by atoms with Crippen molar-refractivity contribution >= 4 is 22.1 Å². The molecule has 0 saturated carbocycles. The van der Waals surface area contributed by atoms with Gasteiger partial charge in [0.25, 0.3) is 0 Å². The molecule has 0 fully saturated rings. The summed E-state index contributed by atoms with van der Waals surface area (Å²) in [6, 6.07) is 13.7. The number of aromatic nitrogens is 3. The van der Waals surface area contributed by atoms with E-state index in [4.69, 9.17) is 9.52 Å². The molecule has 0 aliphatic heterocycles. The molecule has 2 aromatic carbocycles. The van der Waals surface area contributed by atoms with Crippen LogP contribution < -0.4 is 0 Å². The molecule has 2 aromatic heterocycles. The van der Waals surface area contributed by atoms with Crippen molar-refractivity contribution < 1.29 is 9.52 Å². The molecule has 0 aliphatic carbocycles. The number of para-hydroxylation sites is 2. The number of aliphatic hydroxyl groups excluding tert-OH is 1. The highest BCUT2D eigenvalue weighted by molar-refractivity contribution is 5.83. The fourth-order valence-corrected chi connectivity index (χ4v) is 2.76. The Bertz CT molecular complexity index is 936. The molecule has 0 saturated heterocycles. The fraction of sp³-hybridized carbons (Fsp3) is 0.176. The maximum absolute atomic E-state index is 9.16. The van der Waals surface area contributed by atoms with Gasteiger partial charge in [0, 0.05) is 12.1 Å². The van der Waals surface area contributed by atoms with E-state index in [9.17, 15) is 0 Å². The summed E-state index contributed by atoms with van der Waals surface area (Å²) in [7, 11) is 0. The molecule has 0 aliphatic rings. The highest BCUT2D eigenvalue weighted by atomic mass is 16.3. The van der Waals surface area contributed by atoms with Gasteiger partial charge in [0.2, 0.25) is 5.89 Å². The third kappa shape index (κ3) is 1.98. The number of nitrogens with zero attached hydrogens (tertiary/aromatic N) is 3. The fourth-order valence-electron chi connectivity index (χ4n) is 2.76. The topological polar surface area (TPSA) is 64.1 Å². The summed E-state index contributed by atoms with van der Waals surface area (Å²) in [5, 5.41) is 9.16. The molecule has 0 bridgehead atoms. The Balaban J connectivity index is 1.85. The third-order valence-corrected chi connectivity index (χ3v) is 3.80. The molecular weight excluding hydrogens is 278 g/mol. The SMILES string of the molecule is Cc1nc2cc(-c3nc4ccccc4o3)ccc2n1CCO. The van der Waals surface area contributed by atoms with Crippen LogP contribution in [0.3, 0.4) is 0 Å². The normalized spacial score (nSPS) is 11.5. The maximum atomic E-state index is 9.16. The van der Waals surface area contributed by atoms with E-state index in [1.165, 1.54) is 0 Å². The Labute approximate surface area is 126 Å². The first kappa shape index (κ1) is 13.0. The zero-order valence-electron chi connectivity index (χ0n) is 12.2. The number of rotatable bonds is 3. The number of aryl methyl sites for hydroxylation is 1. The van der Waals surface area contributed by atoms with Gasteiger partial charge in [0.15, 0.2) is 5.58 Å². The van der Waals surface area contributed by atoms with E-state index < -0.39 is 0 Å². The molecule has 22 heavy (non-hydrogen) atoms. The van der Waals surface area contributed by atoms with Gasteiger partial charge in [-0.3, -0.25) is 0 Å². The molecule has 5 heteroatoms. The van der Waals surface area contributed by atoms with Crippen molar-refractivity contribution in [2.24, 2.45) is 0 Å². The molecular formula is C17H15N3O2. The lowest BCUT2D eigenvalue weighted by Gasteiger charge is -2.03. The molecule has 110 valence electrons. The standard InChI is InChI=1S/C17H15N3O2/c1-11-18-14-10-12(6-7-15(14)20(11)8-9-21)17-19-13-4-2-3-5-16(13)22-17/h2-7,10,21H,8-9H2,1H3. The average Bonchev–Trinajstić information content (AvgIpc) is 3.09. The Kier molecular flexibility index (Phi) is 2.94. The van der Waals surface area contributed by atoms with Crippen LogP contribution in [0.2, 0.25) is 0 Å². The molecule has 0 amide bonds. The van der Waals surface area contributed by atoms with Gasteiger partial charge in [-0.2, -0.15) is 0 Å². The zero-order chi connectivity index (χ0) is 15.1. The van der Waals surface area contributed by atoms with Crippen molar-refractivity contribution in [1.82, 2.24) is 14.5 Å². The van der Waals surface area contributed by atoms with Gasteiger partial charge in [-0.05, 0) is 37.3 Å². The van der Waals surface area contributed by atoms with Crippen molar-refractivity contribution in [2.45, 2.75) is 13.5 Å². The summed E-state index contributed by atoms with van der Waals surface area (Å²) < 4.78 is 7.81. The van der Waals surface area contributed by atoms with Crippen molar-refractivity contribution in [1.29, 1.82) is 0 Å². The van der Waals surface area contributed by atoms with Crippen molar-refractivity contribution in [3.63, 3.8) is 0 Å². The molecule has 0 unspecified atom stereocenters. The van der Waals surface area contributed by atoms with Crippen LogP contribution in [0, 0.1) is 6.92 Å². The van der Waals surface area contributed by atoms with Crippen LogP contribution >= 0.6 is 0 Å². The highest BCUT2D eigenvalue weighted by Gasteiger charge is 2.12. The molecule has 0 radical (unpaired) electrons. The van der Waals surface area contributed by atoms with Gasteiger partial charge in [-0.25, -0.2) is 9.97 Å². The van der Waals surface area contributed by atoms with Crippen LogP contribution in [0.15, 0.2) is 46.9 Å². The summed E-state index contributed by atoms with van der Waals surface area (Å²) in [5.74, 6) is 1.48. The van der Waals surface area contributed by atoms with Crippen LogP contribution in [-0.2, 0) is 6.54 Å². The van der Waals surface area contributed by atoms with Gasteiger partial charge >= 0.3 is 0 Å². The smallest absolute Gasteiger partial charge is 0.227 e. The molecule has 4 aromatic rings. The Morgan fingerprint density at radius 3 is 2.77 bits per heavy atom. The minimum Gasteiger partial charge on any atom is -0.436 e. The molecule has 1 N–H and O–H groups in total. The summed E-state index contributed by atoms with van der Waals surface area (Å²) >= 11 is 0. The Hall–Kier alpha value is -2.66. The van der Waals surface area contributed by atoms with Crippen LogP contribution in [0.25, 0.3) is 33.6 Å². The Morgan fingerprint density at radius 2 is 1.95 bits per heavy atom. The molecule has 0 spiro atoms. The van der Waals surface area contributed by atoms with Gasteiger partial charge in [0.1, 0.15) is 11.3 Å². The maximum Gasteiger partial charge on any atom is 0.227 e. The summed E-state index contributed by atoms with van der Waals surface area (Å²) in [4.78, 5) is 9.07. The van der Waals surface area contributed by atoms with E-state index in [0.29, 0.717) is 12.4 Å². The zero-order valence-corrected chi connectivity index (χ0v) is 12.2. The first-order chi connectivity index (χ1) is 10.8. The third-order valence-electron chi connectivity index (χ3n) is 3.80. The molecule has 4 rings (SSSR count). The quantitative estimate of drug-likeness (QED) is 0.630. The number of fused-ring (bicyclic) bond motifs is 2. The van der Waals surface area contributed by atoms with Crippen LogP contribution in [0.1, 0.15) is 5.82 Å². The summed E-state index contributed by atoms with van der Waals surface area (Å²) in [6.45, 7) is 2.58. The van der Waals surface area contributed by atoms with Crippen molar-refractivity contribution in [3.8, 4) is 11.5 Å². The summed E-state index contributed by atoms with van der Waals surface area (Å²) in [5.41, 5.74) is 4.41. The largest absolute Gasteiger partial charge is 0.436 e. The van der Waals surface area contributed by atoms with Crippen LogP contribution in [0.5, 0.6) is 0 Å². The van der Waals surface area contributed by atoms with E-state index in [1.807, 2.05) is 54.0 Å². The van der Waals surface area contributed by atoms with Gasteiger partial charge in [-0.1, -0.05) is 12.1 Å². The van der Waals surface area contributed by atoms with E-state index in [1.54, 1.807) is 0 Å². The number of hydrogen-bond donors (Lipinski definition) is 1. The molecule has 5 nitrogen and oxygen atoms in total. The number of aliphatic hydroxyl groups is 1. The van der Waals surface area contributed by atoms with Crippen molar-refractivity contribution in [2.75, 3.05) is 6.61 Å². The van der Waals surface area contributed by atoms with Crippen LogP contribution in [-0.4, -0.2) is 26.2 Å². The lowest BCUT2D eigenvalue weighted by molar-refractivity contribution is 0.276. The van der Waals surface area contributed by atoms with E-state index >= 15 is 0 Å². The molecule has 2 heterocycles. The number of imidazole rings is 1. The Morgan fingerprint density at radius 1 is 1.09 bits per heavy atom. The first-order valence-corrected chi connectivity index (χ1v) is 7.20. The first-order valence-electron chi connectivity index (χ1n) is 7.20. The van der Waals surface area contributed by atoms with Gasteiger partial charge < -0.3 is 14.1 Å². The van der Waals surface area contributed by atoms with Crippen LogP contribution in [0.4, 0.5) is 0 Å². The molecule has 0 atom stereocenters. The number of benzene rings is 2. The number of oxazole rings is 1. The van der Waals surface area contributed by atoms with Crippen molar-refractivity contribution in [3.05, 3.63) is 48.3 Å². The van der Waals surface area contributed by atoms with Gasteiger partial charge in [0.05, 0.1) is 17.6 Å². The minimum absolute atomic E-state index is 0.0964. The summed E-state index contributed by atoms with van der Waals surface area (Å²) in [6.07, 6.45) is 0. The van der Waals surface area contributed by atoms with E-state index in [2.05, 4.69) is 9.97 Å². The highest BCUT2D eigenvalue weighted by Crippen LogP contribution is 2.27.